The lowest BCUT2D eigenvalue weighted by atomic mass is 9.87. The van der Waals surface area contributed by atoms with Gasteiger partial charge in [-0.1, -0.05) is 60.7 Å². The van der Waals surface area contributed by atoms with Gasteiger partial charge in [0.05, 0.1) is 12.5 Å². The fraction of sp³-hybridized carbons (Fsp3) is 0.429. The van der Waals surface area contributed by atoms with Crippen LogP contribution in [0.5, 0.6) is 0 Å². The van der Waals surface area contributed by atoms with Crippen LogP contribution >= 0.6 is 0 Å². The molecule has 10 heteroatoms. The van der Waals surface area contributed by atoms with E-state index in [0.717, 1.165) is 5.56 Å². The smallest absolute Gasteiger partial charge is 0.410 e. The van der Waals surface area contributed by atoms with Crippen molar-refractivity contribution in [2.24, 2.45) is 0 Å². The van der Waals surface area contributed by atoms with Gasteiger partial charge >= 0.3 is 18.2 Å². The quantitative estimate of drug-likeness (QED) is 0.474. The Morgan fingerprint density at radius 1 is 0.974 bits per heavy atom. The van der Waals surface area contributed by atoms with Gasteiger partial charge in [0.25, 0.3) is 0 Å². The van der Waals surface area contributed by atoms with E-state index in [1.54, 1.807) is 45.0 Å². The largest absolute Gasteiger partial charge is 0.480 e. The Kier molecular flexibility index (Phi) is 9.33. The number of amides is 3. The highest BCUT2D eigenvalue weighted by atomic mass is 16.6. The second-order valence-electron chi connectivity index (χ2n) is 10.3. The molecular formula is C28H35N3O7. The third-order valence-corrected chi connectivity index (χ3v) is 6.15. The minimum Gasteiger partial charge on any atom is -0.480 e. The zero-order chi connectivity index (χ0) is 27.8. The minimum atomic E-state index is -1.54. The van der Waals surface area contributed by atoms with Gasteiger partial charge in [0.15, 0.2) is 0 Å². The maximum absolute atomic E-state index is 13.1. The lowest BCUT2D eigenvalue weighted by Gasteiger charge is -2.39. The lowest BCUT2D eigenvalue weighted by Crippen LogP contribution is -2.61. The van der Waals surface area contributed by atoms with Crippen LogP contribution in [0.2, 0.25) is 0 Å². The molecule has 1 atom stereocenters. The predicted octanol–water partition coefficient (Wildman–Crippen LogP) is 4.01. The van der Waals surface area contributed by atoms with Gasteiger partial charge in [-0.25, -0.2) is 14.4 Å². The molecule has 1 aliphatic heterocycles. The second-order valence-corrected chi connectivity index (χ2v) is 10.3. The van der Waals surface area contributed by atoms with Crippen LogP contribution in [0.3, 0.4) is 0 Å². The Morgan fingerprint density at radius 2 is 1.55 bits per heavy atom. The molecule has 0 saturated carbocycles. The number of carboxylic acids is 1. The van der Waals surface area contributed by atoms with Crippen LogP contribution in [0.1, 0.15) is 57.2 Å². The number of carbonyl (C=O) groups is 4. The Bertz CT molecular complexity index is 1110. The Morgan fingerprint density at radius 3 is 2.11 bits per heavy atom. The molecule has 0 spiro atoms. The van der Waals surface area contributed by atoms with Crippen LogP contribution < -0.4 is 10.6 Å². The van der Waals surface area contributed by atoms with Crippen LogP contribution in [-0.4, -0.2) is 58.3 Å². The molecule has 0 radical (unpaired) electrons. The van der Waals surface area contributed by atoms with Gasteiger partial charge in [-0.2, -0.15) is 0 Å². The normalized spacial score (nSPS) is 15.6. The molecule has 1 fully saturated rings. The fourth-order valence-corrected chi connectivity index (χ4v) is 4.14. The molecule has 38 heavy (non-hydrogen) atoms. The monoisotopic (exact) mass is 525 g/mol. The van der Waals surface area contributed by atoms with E-state index in [1.807, 2.05) is 36.4 Å². The van der Waals surface area contributed by atoms with E-state index in [4.69, 9.17) is 9.47 Å². The van der Waals surface area contributed by atoms with Crippen molar-refractivity contribution in [2.45, 2.75) is 63.8 Å². The van der Waals surface area contributed by atoms with E-state index in [-0.39, 0.29) is 39.0 Å². The van der Waals surface area contributed by atoms with Crippen molar-refractivity contribution in [3.05, 3.63) is 71.8 Å². The third-order valence-electron chi connectivity index (χ3n) is 6.15. The van der Waals surface area contributed by atoms with E-state index in [1.165, 1.54) is 4.90 Å². The topological polar surface area (TPSA) is 134 Å². The summed E-state index contributed by atoms with van der Waals surface area (Å²) in [6, 6.07) is 17.4. The van der Waals surface area contributed by atoms with Gasteiger partial charge < -0.3 is 30.1 Å². The summed E-state index contributed by atoms with van der Waals surface area (Å²) in [6.07, 6.45) is -1.37. The number of alkyl carbamates (subject to hydrolysis) is 1. The molecule has 10 nitrogen and oxygen atoms in total. The zero-order valence-electron chi connectivity index (χ0n) is 21.9. The molecule has 1 saturated heterocycles. The van der Waals surface area contributed by atoms with Crippen molar-refractivity contribution in [1.82, 2.24) is 15.5 Å². The van der Waals surface area contributed by atoms with Crippen LogP contribution in [0.4, 0.5) is 9.59 Å². The van der Waals surface area contributed by atoms with E-state index in [2.05, 4.69) is 10.6 Å². The Balaban J connectivity index is 1.64. The number of piperidine rings is 1. The average Bonchev–Trinajstić information content (AvgIpc) is 2.87. The van der Waals surface area contributed by atoms with Gasteiger partial charge in [-0.15, -0.1) is 0 Å². The maximum atomic E-state index is 13.1. The number of hydrogen-bond donors (Lipinski definition) is 3. The molecule has 1 heterocycles. The average molecular weight is 526 g/mol. The number of aliphatic carboxylic acids is 1. The number of ether oxygens (including phenoxy) is 2. The summed E-state index contributed by atoms with van der Waals surface area (Å²) >= 11 is 0. The zero-order valence-corrected chi connectivity index (χ0v) is 21.9. The number of hydrogen-bond acceptors (Lipinski definition) is 6. The van der Waals surface area contributed by atoms with Crippen molar-refractivity contribution in [2.75, 3.05) is 13.1 Å². The molecule has 204 valence electrons. The lowest BCUT2D eigenvalue weighted by molar-refractivity contribution is -0.150. The summed E-state index contributed by atoms with van der Waals surface area (Å²) in [5.74, 6) is -1.73. The van der Waals surface area contributed by atoms with Crippen LogP contribution in [0.15, 0.2) is 60.7 Å². The maximum Gasteiger partial charge on any atom is 0.410 e. The van der Waals surface area contributed by atoms with Crippen molar-refractivity contribution in [3.63, 3.8) is 0 Å². The highest BCUT2D eigenvalue weighted by Crippen LogP contribution is 2.26. The van der Waals surface area contributed by atoms with Crippen molar-refractivity contribution >= 4 is 24.1 Å². The standard InChI is InChI=1S/C28H35N3O7/c1-27(2,3)38-26(36)31-16-14-28(15-17-31,24(33)34)30-23(32)18-22(21-12-8-5-9-13-21)29-25(35)37-19-20-10-6-4-7-11-20/h4-13,22H,14-19H2,1-3H3,(H,29,35)(H,30,32)(H,33,34). The molecule has 0 aliphatic carbocycles. The summed E-state index contributed by atoms with van der Waals surface area (Å²) < 4.78 is 10.7. The van der Waals surface area contributed by atoms with Crippen molar-refractivity contribution in [1.29, 1.82) is 0 Å². The van der Waals surface area contributed by atoms with Gasteiger partial charge in [0, 0.05) is 13.1 Å². The first-order valence-electron chi connectivity index (χ1n) is 12.5. The highest BCUT2D eigenvalue weighted by Gasteiger charge is 2.44. The second kappa shape index (κ2) is 12.4. The summed E-state index contributed by atoms with van der Waals surface area (Å²) in [4.78, 5) is 51.7. The van der Waals surface area contributed by atoms with E-state index in [0.29, 0.717) is 5.56 Å². The molecule has 0 bridgehead atoms. The Hall–Kier alpha value is -4.08. The fourth-order valence-electron chi connectivity index (χ4n) is 4.14. The molecular weight excluding hydrogens is 490 g/mol. The van der Waals surface area contributed by atoms with Crippen LogP contribution in [-0.2, 0) is 25.7 Å². The summed E-state index contributed by atoms with van der Waals surface area (Å²) in [6.45, 7) is 5.57. The molecule has 3 N–H and O–H groups in total. The molecule has 3 amide bonds. The number of benzene rings is 2. The molecule has 1 aliphatic rings. The van der Waals surface area contributed by atoms with Gasteiger partial charge in [0.1, 0.15) is 17.7 Å². The van der Waals surface area contributed by atoms with E-state index < -0.39 is 41.2 Å². The number of rotatable bonds is 8. The number of carbonyl (C=O) groups excluding carboxylic acids is 3. The summed E-state index contributed by atoms with van der Waals surface area (Å²) in [5, 5.41) is 15.4. The van der Waals surface area contributed by atoms with Gasteiger partial charge in [0.2, 0.25) is 5.91 Å². The highest BCUT2D eigenvalue weighted by molar-refractivity contribution is 5.88. The number of nitrogens with one attached hydrogen (secondary N) is 2. The summed E-state index contributed by atoms with van der Waals surface area (Å²) in [5.41, 5.74) is -0.722. The SMILES string of the molecule is CC(C)(C)OC(=O)N1CCC(NC(=O)CC(NC(=O)OCc2ccccc2)c2ccccc2)(C(=O)O)CC1. The minimum absolute atomic E-state index is 0.0237. The van der Waals surface area contributed by atoms with Crippen LogP contribution in [0, 0.1) is 0 Å². The predicted molar refractivity (Wildman–Crippen MR) is 139 cm³/mol. The first kappa shape index (κ1) is 28.5. The van der Waals surface area contributed by atoms with E-state index >= 15 is 0 Å². The molecule has 0 aromatic heterocycles. The number of carboxylic acid groups (broad SMARTS) is 1. The van der Waals surface area contributed by atoms with Crippen molar-refractivity contribution < 1.29 is 33.8 Å². The van der Waals surface area contributed by atoms with E-state index in [9.17, 15) is 24.3 Å². The number of nitrogens with zero attached hydrogens (tertiary/aromatic N) is 1. The first-order chi connectivity index (χ1) is 18.0. The van der Waals surface area contributed by atoms with Gasteiger partial charge in [-0.05, 0) is 44.7 Å². The molecule has 3 rings (SSSR count). The number of likely N-dealkylation sites (tertiary alicyclic amines) is 1. The Labute approximate surface area is 222 Å². The molecule has 1 unspecified atom stereocenters. The first-order valence-corrected chi connectivity index (χ1v) is 12.5. The molecule has 2 aromatic rings. The summed E-state index contributed by atoms with van der Waals surface area (Å²) in [7, 11) is 0. The van der Waals surface area contributed by atoms with Crippen molar-refractivity contribution in [3.8, 4) is 0 Å². The molecule has 2 aromatic carbocycles. The van der Waals surface area contributed by atoms with Gasteiger partial charge in [-0.3, -0.25) is 4.79 Å². The third kappa shape index (κ3) is 8.22. The van der Waals surface area contributed by atoms with Crippen LogP contribution in [0.25, 0.3) is 0 Å².